The zero-order chi connectivity index (χ0) is 14.4. The second-order valence-corrected chi connectivity index (χ2v) is 5.70. The van der Waals surface area contributed by atoms with Crippen molar-refractivity contribution in [3.8, 4) is 11.5 Å². The highest BCUT2D eigenvalue weighted by Gasteiger charge is 2.10. The molecule has 0 aromatic heterocycles. The largest absolute Gasteiger partial charge is 0.457 e. The molecule has 0 saturated heterocycles. The summed E-state index contributed by atoms with van der Waals surface area (Å²) in [5.74, 6) is 1.05. The summed E-state index contributed by atoms with van der Waals surface area (Å²) >= 11 is 2.22. The van der Waals surface area contributed by atoms with Crippen molar-refractivity contribution >= 4 is 22.6 Å². The lowest BCUT2D eigenvalue weighted by molar-refractivity contribution is 0.461. The predicted octanol–water partition coefficient (Wildman–Crippen LogP) is 4.72. The summed E-state index contributed by atoms with van der Waals surface area (Å²) in [6, 6.07) is 12.6. The molecule has 0 saturated carbocycles. The molecule has 0 unspecified atom stereocenters. The summed E-state index contributed by atoms with van der Waals surface area (Å²) in [6.07, 6.45) is 1.02. The quantitative estimate of drug-likeness (QED) is 0.574. The molecule has 2 nitrogen and oxygen atoms in total. The number of hydrogen-bond acceptors (Lipinski definition) is 2. The number of ether oxygens (including phenoxy) is 1. The van der Waals surface area contributed by atoms with Gasteiger partial charge in [0, 0.05) is 15.7 Å². The van der Waals surface area contributed by atoms with E-state index in [9.17, 15) is 4.39 Å². The number of halogens is 2. The SMILES string of the molecule is CCCNCc1c(F)cccc1Oc1cccc(I)c1. The van der Waals surface area contributed by atoms with Gasteiger partial charge in [-0.05, 0) is 65.9 Å². The van der Waals surface area contributed by atoms with E-state index < -0.39 is 0 Å². The maximum Gasteiger partial charge on any atom is 0.134 e. The third-order valence-corrected chi connectivity index (χ3v) is 3.50. The van der Waals surface area contributed by atoms with Gasteiger partial charge in [0.15, 0.2) is 0 Å². The zero-order valence-corrected chi connectivity index (χ0v) is 13.5. The van der Waals surface area contributed by atoms with E-state index in [0.717, 1.165) is 22.3 Å². The van der Waals surface area contributed by atoms with Crippen LogP contribution < -0.4 is 10.1 Å². The average molecular weight is 385 g/mol. The molecule has 2 aromatic carbocycles. The molecule has 0 amide bonds. The van der Waals surface area contributed by atoms with E-state index >= 15 is 0 Å². The van der Waals surface area contributed by atoms with E-state index in [-0.39, 0.29) is 5.82 Å². The molecule has 0 aliphatic heterocycles. The molecule has 0 fully saturated rings. The van der Waals surface area contributed by atoms with Gasteiger partial charge >= 0.3 is 0 Å². The van der Waals surface area contributed by atoms with Crippen molar-refractivity contribution in [1.29, 1.82) is 0 Å². The fraction of sp³-hybridized carbons (Fsp3) is 0.250. The topological polar surface area (TPSA) is 21.3 Å². The highest BCUT2D eigenvalue weighted by atomic mass is 127. The summed E-state index contributed by atoms with van der Waals surface area (Å²) in [5, 5.41) is 3.21. The molecule has 4 heteroatoms. The Kier molecular flexibility index (Phi) is 5.79. The van der Waals surface area contributed by atoms with Crippen LogP contribution >= 0.6 is 22.6 Å². The predicted molar refractivity (Wildman–Crippen MR) is 87.6 cm³/mol. The summed E-state index contributed by atoms with van der Waals surface area (Å²) in [4.78, 5) is 0. The van der Waals surface area contributed by atoms with Gasteiger partial charge in [-0.15, -0.1) is 0 Å². The molecule has 20 heavy (non-hydrogen) atoms. The van der Waals surface area contributed by atoms with E-state index in [1.807, 2.05) is 24.3 Å². The standard InChI is InChI=1S/C16H17FINO/c1-2-9-19-11-14-15(17)7-4-8-16(14)20-13-6-3-5-12(18)10-13/h3-8,10,19H,2,9,11H2,1H3. The summed E-state index contributed by atoms with van der Waals surface area (Å²) in [7, 11) is 0. The van der Waals surface area contributed by atoms with E-state index in [1.165, 1.54) is 6.07 Å². The molecule has 0 heterocycles. The number of benzene rings is 2. The summed E-state index contributed by atoms with van der Waals surface area (Å²) in [5.41, 5.74) is 0.569. The Morgan fingerprint density at radius 3 is 2.75 bits per heavy atom. The van der Waals surface area contributed by atoms with Gasteiger partial charge in [-0.1, -0.05) is 19.1 Å². The molecule has 0 atom stereocenters. The van der Waals surface area contributed by atoms with Crippen LogP contribution in [0.25, 0.3) is 0 Å². The van der Waals surface area contributed by atoms with Crippen LogP contribution in [-0.2, 0) is 6.54 Å². The van der Waals surface area contributed by atoms with Crippen LogP contribution in [0.4, 0.5) is 4.39 Å². The molecule has 0 radical (unpaired) electrons. The number of rotatable bonds is 6. The van der Waals surface area contributed by atoms with E-state index in [1.54, 1.807) is 12.1 Å². The number of nitrogens with one attached hydrogen (secondary N) is 1. The Morgan fingerprint density at radius 2 is 2.00 bits per heavy atom. The van der Waals surface area contributed by atoms with Gasteiger partial charge in [-0.3, -0.25) is 0 Å². The van der Waals surface area contributed by atoms with Crippen LogP contribution in [0.15, 0.2) is 42.5 Å². The molecule has 0 aliphatic rings. The first-order valence-electron chi connectivity index (χ1n) is 6.62. The average Bonchev–Trinajstić information content (AvgIpc) is 2.42. The second kappa shape index (κ2) is 7.59. The van der Waals surface area contributed by atoms with Gasteiger partial charge < -0.3 is 10.1 Å². The first-order valence-corrected chi connectivity index (χ1v) is 7.70. The summed E-state index contributed by atoms with van der Waals surface area (Å²) in [6.45, 7) is 3.41. The molecule has 0 spiro atoms. The van der Waals surface area contributed by atoms with Crippen molar-refractivity contribution in [1.82, 2.24) is 5.32 Å². The van der Waals surface area contributed by atoms with Crippen LogP contribution in [0.5, 0.6) is 11.5 Å². The van der Waals surface area contributed by atoms with Gasteiger partial charge in [0.05, 0.1) is 0 Å². The molecule has 2 aromatic rings. The van der Waals surface area contributed by atoms with Crippen molar-refractivity contribution in [2.24, 2.45) is 0 Å². The van der Waals surface area contributed by atoms with Crippen molar-refractivity contribution in [3.05, 3.63) is 57.4 Å². The zero-order valence-electron chi connectivity index (χ0n) is 11.3. The molecule has 0 bridgehead atoms. The normalized spacial score (nSPS) is 10.6. The lowest BCUT2D eigenvalue weighted by atomic mass is 10.2. The smallest absolute Gasteiger partial charge is 0.134 e. The Labute approximate surface area is 132 Å². The minimum atomic E-state index is -0.239. The van der Waals surface area contributed by atoms with E-state index in [2.05, 4.69) is 34.8 Å². The molecule has 1 N–H and O–H groups in total. The fourth-order valence-electron chi connectivity index (χ4n) is 1.85. The first kappa shape index (κ1) is 15.3. The monoisotopic (exact) mass is 385 g/mol. The molecular weight excluding hydrogens is 368 g/mol. The third kappa shape index (κ3) is 4.18. The summed E-state index contributed by atoms with van der Waals surface area (Å²) < 4.78 is 20.8. The van der Waals surface area contributed by atoms with Crippen LogP contribution in [0.1, 0.15) is 18.9 Å². The van der Waals surface area contributed by atoms with Crippen molar-refractivity contribution in [3.63, 3.8) is 0 Å². The highest BCUT2D eigenvalue weighted by molar-refractivity contribution is 14.1. The lowest BCUT2D eigenvalue weighted by Crippen LogP contribution is -2.15. The Hall–Kier alpha value is -1.14. The van der Waals surface area contributed by atoms with Crippen LogP contribution in [-0.4, -0.2) is 6.54 Å². The van der Waals surface area contributed by atoms with Crippen LogP contribution in [0.3, 0.4) is 0 Å². The van der Waals surface area contributed by atoms with Crippen LogP contribution in [0.2, 0.25) is 0 Å². The van der Waals surface area contributed by atoms with Gasteiger partial charge in [-0.2, -0.15) is 0 Å². The van der Waals surface area contributed by atoms with Crippen molar-refractivity contribution in [2.75, 3.05) is 6.54 Å². The molecule has 0 aliphatic carbocycles. The molecule has 2 rings (SSSR count). The number of hydrogen-bond donors (Lipinski definition) is 1. The van der Waals surface area contributed by atoms with E-state index in [0.29, 0.717) is 17.9 Å². The first-order chi connectivity index (χ1) is 9.70. The van der Waals surface area contributed by atoms with Crippen molar-refractivity contribution in [2.45, 2.75) is 19.9 Å². The van der Waals surface area contributed by atoms with Crippen LogP contribution in [0, 0.1) is 9.39 Å². The second-order valence-electron chi connectivity index (χ2n) is 4.45. The Morgan fingerprint density at radius 1 is 1.20 bits per heavy atom. The van der Waals surface area contributed by atoms with Gasteiger partial charge in [0.25, 0.3) is 0 Å². The van der Waals surface area contributed by atoms with E-state index in [4.69, 9.17) is 4.74 Å². The maximum atomic E-state index is 13.9. The lowest BCUT2D eigenvalue weighted by Gasteiger charge is -2.13. The Bertz CT molecular complexity index is 574. The van der Waals surface area contributed by atoms with Gasteiger partial charge in [-0.25, -0.2) is 4.39 Å². The van der Waals surface area contributed by atoms with Crippen molar-refractivity contribution < 1.29 is 9.13 Å². The minimum Gasteiger partial charge on any atom is -0.457 e. The Balaban J connectivity index is 2.20. The highest BCUT2D eigenvalue weighted by Crippen LogP contribution is 2.28. The fourth-order valence-corrected chi connectivity index (χ4v) is 2.37. The molecule has 106 valence electrons. The maximum absolute atomic E-state index is 13.9. The molecular formula is C16H17FINO. The van der Waals surface area contributed by atoms with Gasteiger partial charge in [0.2, 0.25) is 0 Å². The minimum absolute atomic E-state index is 0.239. The van der Waals surface area contributed by atoms with Gasteiger partial charge in [0.1, 0.15) is 17.3 Å². The third-order valence-electron chi connectivity index (χ3n) is 2.83.